The summed E-state index contributed by atoms with van der Waals surface area (Å²) in [5.41, 5.74) is 5.72. The molecule has 1 aromatic heterocycles. The van der Waals surface area contributed by atoms with E-state index in [-0.39, 0.29) is 0 Å². The van der Waals surface area contributed by atoms with Crippen LogP contribution in [0, 0.1) is 0 Å². The maximum atomic E-state index is 3.74. The second-order valence-corrected chi connectivity index (χ2v) is 6.24. The lowest BCUT2D eigenvalue weighted by Crippen LogP contribution is -2.21. The highest BCUT2D eigenvalue weighted by atomic mass is 32.1. The second kappa shape index (κ2) is 4.66. The standard InChI is InChI=1S/C16H18N2S/c1-2-12(11-6-9-19-10-11)16-13-4-7-17-8-5-14(13)18-15(16)3-1/h1-3,6,9-10,13-14,17-18H,4-5,7-8H2/t13-,14-/m0/s1. The van der Waals surface area contributed by atoms with Gasteiger partial charge in [-0.25, -0.2) is 0 Å². The highest BCUT2D eigenvalue weighted by Crippen LogP contribution is 2.45. The van der Waals surface area contributed by atoms with Crippen molar-refractivity contribution in [3.63, 3.8) is 0 Å². The van der Waals surface area contributed by atoms with Gasteiger partial charge >= 0.3 is 0 Å². The van der Waals surface area contributed by atoms with Gasteiger partial charge in [-0.1, -0.05) is 12.1 Å². The van der Waals surface area contributed by atoms with Crippen LogP contribution in [-0.4, -0.2) is 19.1 Å². The minimum absolute atomic E-state index is 0.616. The third-order valence-electron chi connectivity index (χ3n) is 4.40. The van der Waals surface area contributed by atoms with Gasteiger partial charge in [0.15, 0.2) is 0 Å². The summed E-state index contributed by atoms with van der Waals surface area (Å²) in [6.45, 7) is 2.27. The van der Waals surface area contributed by atoms with Crippen LogP contribution in [0.15, 0.2) is 35.0 Å². The van der Waals surface area contributed by atoms with Gasteiger partial charge in [-0.3, -0.25) is 0 Å². The average Bonchev–Trinajstić information content (AvgIpc) is 3.02. The van der Waals surface area contributed by atoms with Crippen molar-refractivity contribution in [1.29, 1.82) is 0 Å². The molecule has 2 nitrogen and oxygen atoms in total. The molecule has 0 bridgehead atoms. The van der Waals surface area contributed by atoms with E-state index in [9.17, 15) is 0 Å². The van der Waals surface area contributed by atoms with Crippen LogP contribution >= 0.6 is 11.3 Å². The van der Waals surface area contributed by atoms with Gasteiger partial charge in [-0.15, -0.1) is 0 Å². The lowest BCUT2D eigenvalue weighted by molar-refractivity contribution is 0.579. The van der Waals surface area contributed by atoms with E-state index in [1.807, 2.05) is 0 Å². The minimum atomic E-state index is 0.616. The molecule has 1 aromatic carbocycles. The largest absolute Gasteiger partial charge is 0.381 e. The molecule has 2 N–H and O–H groups in total. The van der Waals surface area contributed by atoms with Gasteiger partial charge < -0.3 is 10.6 Å². The number of hydrogen-bond donors (Lipinski definition) is 2. The Balaban J connectivity index is 1.83. The molecule has 0 unspecified atom stereocenters. The molecule has 0 amide bonds. The Morgan fingerprint density at radius 1 is 1.11 bits per heavy atom. The van der Waals surface area contributed by atoms with Crippen LogP contribution in [-0.2, 0) is 0 Å². The Labute approximate surface area is 117 Å². The fourth-order valence-electron chi connectivity index (χ4n) is 3.52. The summed E-state index contributed by atoms with van der Waals surface area (Å²) in [5, 5.41) is 11.7. The topological polar surface area (TPSA) is 24.1 Å². The molecular weight excluding hydrogens is 252 g/mol. The Hall–Kier alpha value is -1.32. The van der Waals surface area contributed by atoms with Gasteiger partial charge in [0.2, 0.25) is 0 Å². The van der Waals surface area contributed by atoms with Crippen LogP contribution in [0.5, 0.6) is 0 Å². The molecule has 0 spiro atoms. The monoisotopic (exact) mass is 270 g/mol. The predicted molar refractivity (Wildman–Crippen MR) is 82.0 cm³/mol. The molecule has 98 valence electrons. The average molecular weight is 270 g/mol. The molecule has 3 heteroatoms. The Morgan fingerprint density at radius 2 is 2.05 bits per heavy atom. The Morgan fingerprint density at radius 3 is 2.95 bits per heavy atom. The number of fused-ring (bicyclic) bond motifs is 3. The second-order valence-electron chi connectivity index (χ2n) is 5.46. The SMILES string of the molecule is c1cc2c(c(-c3ccsc3)c1)[C@H]1CCNCC[C@@H]1N2. The summed E-state index contributed by atoms with van der Waals surface area (Å²) in [7, 11) is 0. The quantitative estimate of drug-likeness (QED) is 0.826. The van der Waals surface area contributed by atoms with Crippen molar-refractivity contribution >= 4 is 17.0 Å². The number of benzene rings is 1. The fourth-order valence-corrected chi connectivity index (χ4v) is 4.18. The minimum Gasteiger partial charge on any atom is -0.381 e. The van der Waals surface area contributed by atoms with Gasteiger partial charge in [0.25, 0.3) is 0 Å². The first-order chi connectivity index (χ1) is 9.43. The maximum absolute atomic E-state index is 3.74. The normalized spacial score (nSPS) is 25.3. The molecule has 0 aliphatic carbocycles. The Bertz CT molecular complexity index is 576. The number of hydrogen-bond acceptors (Lipinski definition) is 3. The molecule has 2 atom stereocenters. The zero-order valence-corrected chi connectivity index (χ0v) is 11.7. The van der Waals surface area contributed by atoms with E-state index in [1.54, 1.807) is 16.9 Å². The first-order valence-corrected chi connectivity index (χ1v) is 8.00. The zero-order valence-electron chi connectivity index (χ0n) is 10.9. The van der Waals surface area contributed by atoms with Gasteiger partial charge in [0, 0.05) is 17.6 Å². The molecule has 3 heterocycles. The molecule has 0 radical (unpaired) electrons. The van der Waals surface area contributed by atoms with E-state index in [1.165, 1.54) is 29.7 Å². The van der Waals surface area contributed by atoms with E-state index >= 15 is 0 Å². The highest BCUT2D eigenvalue weighted by Gasteiger charge is 2.34. The van der Waals surface area contributed by atoms with Crippen molar-refractivity contribution in [3.8, 4) is 11.1 Å². The molecular formula is C16H18N2S. The summed E-state index contributed by atoms with van der Waals surface area (Å²) in [6, 6.07) is 9.56. The molecule has 2 aromatic rings. The van der Waals surface area contributed by atoms with Crippen molar-refractivity contribution in [2.75, 3.05) is 18.4 Å². The molecule has 2 aliphatic rings. The summed E-state index contributed by atoms with van der Waals surface area (Å²) in [5.74, 6) is 0.668. The maximum Gasteiger partial charge on any atom is 0.0384 e. The molecule has 4 rings (SSSR count). The summed E-state index contributed by atoms with van der Waals surface area (Å²) >= 11 is 1.78. The van der Waals surface area contributed by atoms with E-state index in [0.717, 1.165) is 13.1 Å². The molecule has 1 saturated heterocycles. The first-order valence-electron chi connectivity index (χ1n) is 7.06. The summed E-state index contributed by atoms with van der Waals surface area (Å²) in [6.07, 6.45) is 2.47. The van der Waals surface area contributed by atoms with Gasteiger partial charge in [0.05, 0.1) is 0 Å². The van der Waals surface area contributed by atoms with Crippen molar-refractivity contribution < 1.29 is 0 Å². The van der Waals surface area contributed by atoms with Gasteiger partial charge in [-0.2, -0.15) is 11.3 Å². The van der Waals surface area contributed by atoms with Crippen molar-refractivity contribution in [2.24, 2.45) is 0 Å². The predicted octanol–water partition coefficient (Wildman–Crippen LogP) is 3.68. The third kappa shape index (κ3) is 1.88. The van der Waals surface area contributed by atoms with Crippen molar-refractivity contribution in [1.82, 2.24) is 5.32 Å². The highest BCUT2D eigenvalue weighted by molar-refractivity contribution is 7.08. The van der Waals surface area contributed by atoms with E-state index in [4.69, 9.17) is 0 Å². The zero-order chi connectivity index (χ0) is 12.7. The van der Waals surface area contributed by atoms with E-state index in [2.05, 4.69) is 45.7 Å². The van der Waals surface area contributed by atoms with Crippen LogP contribution in [0.3, 0.4) is 0 Å². The van der Waals surface area contributed by atoms with Crippen LogP contribution < -0.4 is 10.6 Å². The number of nitrogens with one attached hydrogen (secondary N) is 2. The molecule has 2 aliphatic heterocycles. The van der Waals surface area contributed by atoms with Gasteiger partial charge in [0.1, 0.15) is 0 Å². The van der Waals surface area contributed by atoms with E-state index < -0.39 is 0 Å². The fraction of sp³-hybridized carbons (Fsp3) is 0.375. The molecule has 1 fully saturated rings. The van der Waals surface area contributed by atoms with Crippen LogP contribution in [0.2, 0.25) is 0 Å². The van der Waals surface area contributed by atoms with Crippen LogP contribution in [0.1, 0.15) is 24.3 Å². The Kier molecular flexibility index (Phi) is 2.82. The molecule has 0 saturated carbocycles. The summed E-state index contributed by atoms with van der Waals surface area (Å²) < 4.78 is 0. The van der Waals surface area contributed by atoms with Crippen molar-refractivity contribution in [2.45, 2.75) is 24.8 Å². The number of anilines is 1. The van der Waals surface area contributed by atoms with Crippen LogP contribution in [0.25, 0.3) is 11.1 Å². The summed E-state index contributed by atoms with van der Waals surface area (Å²) in [4.78, 5) is 0. The lowest BCUT2D eigenvalue weighted by atomic mass is 9.86. The van der Waals surface area contributed by atoms with Crippen molar-refractivity contribution in [3.05, 3.63) is 40.6 Å². The van der Waals surface area contributed by atoms with Crippen LogP contribution in [0.4, 0.5) is 5.69 Å². The lowest BCUT2D eigenvalue weighted by Gasteiger charge is -2.17. The molecule has 19 heavy (non-hydrogen) atoms. The smallest absolute Gasteiger partial charge is 0.0384 e. The first kappa shape index (κ1) is 11.5. The number of thiophene rings is 1. The van der Waals surface area contributed by atoms with Gasteiger partial charge in [-0.05, 0) is 65.5 Å². The number of rotatable bonds is 1. The third-order valence-corrected chi connectivity index (χ3v) is 5.08. The van der Waals surface area contributed by atoms with E-state index in [0.29, 0.717) is 12.0 Å².